The molecule has 0 aromatic carbocycles. The fraction of sp³-hybridized carbons (Fsp3) is 0.571. The molecule has 0 aliphatic rings. The smallest absolute Gasteiger partial charge is 0.142 e. The van der Waals surface area contributed by atoms with Crippen molar-refractivity contribution in [3.8, 4) is 6.07 Å². The Labute approximate surface area is 114 Å². The van der Waals surface area contributed by atoms with E-state index in [2.05, 4.69) is 16.0 Å². The molecule has 0 spiro atoms. The third-order valence-corrected chi connectivity index (χ3v) is 2.59. The fourth-order valence-corrected chi connectivity index (χ4v) is 1.64. The van der Waals surface area contributed by atoms with Crippen molar-refractivity contribution in [2.45, 2.75) is 13.8 Å². The predicted molar refractivity (Wildman–Crippen MR) is 74.2 cm³/mol. The van der Waals surface area contributed by atoms with Gasteiger partial charge in [-0.3, -0.25) is 0 Å². The number of hydrogen-bond acceptors (Lipinski definition) is 5. The Hall–Kier alpha value is -1.64. The Morgan fingerprint density at radius 3 is 2.32 bits per heavy atom. The summed E-state index contributed by atoms with van der Waals surface area (Å²) in [5, 5.41) is 8.89. The minimum absolute atomic E-state index is 0.426. The van der Waals surface area contributed by atoms with Crippen LogP contribution in [0.2, 0.25) is 0 Å². The van der Waals surface area contributed by atoms with E-state index in [0.717, 1.165) is 18.9 Å². The van der Waals surface area contributed by atoms with Crippen molar-refractivity contribution in [1.29, 1.82) is 5.26 Å². The summed E-state index contributed by atoms with van der Waals surface area (Å²) in [7, 11) is 0. The lowest BCUT2D eigenvalue weighted by molar-refractivity contribution is 0.141. The van der Waals surface area contributed by atoms with Gasteiger partial charge < -0.3 is 14.4 Å². The van der Waals surface area contributed by atoms with Gasteiger partial charge in [-0.05, 0) is 26.0 Å². The standard InChI is InChI=1S/C14H21N3O2/c1-3-18-10-8-17(9-11-19-4-2)14-7-5-6-13(12-15)16-14/h5-7H,3-4,8-11H2,1-2H3. The Bertz CT molecular complexity index is 394. The first-order valence-electron chi connectivity index (χ1n) is 6.59. The minimum Gasteiger partial charge on any atom is -0.380 e. The van der Waals surface area contributed by atoms with Crippen molar-refractivity contribution >= 4 is 5.82 Å². The Balaban J connectivity index is 2.66. The van der Waals surface area contributed by atoms with E-state index >= 15 is 0 Å². The van der Waals surface area contributed by atoms with Gasteiger partial charge in [0, 0.05) is 26.3 Å². The second-order valence-electron chi connectivity index (χ2n) is 3.87. The molecule has 0 N–H and O–H groups in total. The van der Waals surface area contributed by atoms with Gasteiger partial charge in [0.15, 0.2) is 0 Å². The molecule has 0 radical (unpaired) electrons. The van der Waals surface area contributed by atoms with Crippen molar-refractivity contribution in [1.82, 2.24) is 4.98 Å². The van der Waals surface area contributed by atoms with Crippen LogP contribution in [0.15, 0.2) is 18.2 Å². The van der Waals surface area contributed by atoms with Crippen LogP contribution in [0.1, 0.15) is 19.5 Å². The zero-order chi connectivity index (χ0) is 13.9. The van der Waals surface area contributed by atoms with E-state index in [1.807, 2.05) is 26.0 Å². The van der Waals surface area contributed by atoms with Gasteiger partial charge in [0.1, 0.15) is 17.6 Å². The highest BCUT2D eigenvalue weighted by Gasteiger charge is 2.08. The van der Waals surface area contributed by atoms with Crippen LogP contribution in [0.25, 0.3) is 0 Å². The molecule has 0 amide bonds. The molecule has 0 saturated heterocycles. The van der Waals surface area contributed by atoms with E-state index < -0.39 is 0 Å². The summed E-state index contributed by atoms with van der Waals surface area (Å²) in [6.45, 7) is 8.10. The molecule has 0 saturated carbocycles. The lowest BCUT2D eigenvalue weighted by Gasteiger charge is -2.23. The second-order valence-corrected chi connectivity index (χ2v) is 3.87. The molecule has 0 fully saturated rings. The van der Waals surface area contributed by atoms with Crippen molar-refractivity contribution in [3.63, 3.8) is 0 Å². The van der Waals surface area contributed by atoms with E-state index in [0.29, 0.717) is 32.1 Å². The molecule has 0 unspecified atom stereocenters. The fourth-order valence-electron chi connectivity index (χ4n) is 1.64. The minimum atomic E-state index is 0.426. The molecule has 0 atom stereocenters. The van der Waals surface area contributed by atoms with Gasteiger partial charge in [0.05, 0.1) is 13.2 Å². The average molecular weight is 263 g/mol. The van der Waals surface area contributed by atoms with Crippen LogP contribution < -0.4 is 4.90 Å². The number of nitriles is 1. The van der Waals surface area contributed by atoms with Gasteiger partial charge in [-0.2, -0.15) is 5.26 Å². The van der Waals surface area contributed by atoms with Gasteiger partial charge >= 0.3 is 0 Å². The summed E-state index contributed by atoms with van der Waals surface area (Å²) < 4.78 is 10.7. The molecular formula is C14H21N3O2. The molecule has 0 aliphatic carbocycles. The van der Waals surface area contributed by atoms with Gasteiger partial charge in [-0.25, -0.2) is 4.98 Å². The van der Waals surface area contributed by atoms with Crippen LogP contribution in [-0.2, 0) is 9.47 Å². The number of ether oxygens (including phenoxy) is 2. The average Bonchev–Trinajstić information content (AvgIpc) is 2.46. The zero-order valence-electron chi connectivity index (χ0n) is 11.6. The van der Waals surface area contributed by atoms with E-state index in [9.17, 15) is 0 Å². The van der Waals surface area contributed by atoms with Crippen LogP contribution in [0.5, 0.6) is 0 Å². The van der Waals surface area contributed by atoms with E-state index in [-0.39, 0.29) is 0 Å². The molecule has 5 heteroatoms. The molecular weight excluding hydrogens is 242 g/mol. The van der Waals surface area contributed by atoms with E-state index in [1.165, 1.54) is 0 Å². The number of nitrogens with zero attached hydrogens (tertiary/aromatic N) is 3. The van der Waals surface area contributed by atoms with E-state index in [4.69, 9.17) is 14.7 Å². The highest BCUT2D eigenvalue weighted by atomic mass is 16.5. The quantitative estimate of drug-likeness (QED) is 0.636. The Kier molecular flexibility index (Phi) is 7.56. The molecule has 0 bridgehead atoms. The topological polar surface area (TPSA) is 58.4 Å². The monoisotopic (exact) mass is 263 g/mol. The van der Waals surface area contributed by atoms with E-state index in [1.54, 1.807) is 6.07 Å². The summed E-state index contributed by atoms with van der Waals surface area (Å²) >= 11 is 0. The zero-order valence-corrected chi connectivity index (χ0v) is 11.6. The SMILES string of the molecule is CCOCCN(CCOCC)c1cccc(C#N)n1. The Morgan fingerprint density at radius 1 is 1.16 bits per heavy atom. The maximum atomic E-state index is 8.89. The molecule has 1 aromatic heterocycles. The third-order valence-electron chi connectivity index (χ3n) is 2.59. The molecule has 1 rings (SSSR count). The Morgan fingerprint density at radius 2 is 1.79 bits per heavy atom. The first-order chi connectivity index (χ1) is 9.31. The lowest BCUT2D eigenvalue weighted by atomic mass is 10.3. The first-order valence-corrected chi connectivity index (χ1v) is 6.59. The van der Waals surface area contributed by atoms with Crippen molar-refractivity contribution in [2.24, 2.45) is 0 Å². The maximum Gasteiger partial charge on any atom is 0.142 e. The van der Waals surface area contributed by atoms with Crippen molar-refractivity contribution in [2.75, 3.05) is 44.4 Å². The van der Waals surface area contributed by atoms with Gasteiger partial charge in [0.25, 0.3) is 0 Å². The highest BCUT2D eigenvalue weighted by Crippen LogP contribution is 2.11. The molecule has 0 aliphatic heterocycles. The van der Waals surface area contributed by atoms with Gasteiger partial charge in [0.2, 0.25) is 0 Å². The normalized spacial score (nSPS) is 10.2. The summed E-state index contributed by atoms with van der Waals surface area (Å²) in [6.07, 6.45) is 0. The third kappa shape index (κ3) is 5.69. The maximum absolute atomic E-state index is 8.89. The largest absolute Gasteiger partial charge is 0.380 e. The van der Waals surface area contributed by atoms with Crippen molar-refractivity contribution in [3.05, 3.63) is 23.9 Å². The van der Waals surface area contributed by atoms with Crippen LogP contribution in [0.3, 0.4) is 0 Å². The summed E-state index contributed by atoms with van der Waals surface area (Å²) in [5.41, 5.74) is 0.426. The van der Waals surface area contributed by atoms with Crippen molar-refractivity contribution < 1.29 is 9.47 Å². The number of aromatic nitrogens is 1. The molecule has 1 heterocycles. The molecule has 104 valence electrons. The molecule has 5 nitrogen and oxygen atoms in total. The predicted octanol–water partition coefficient (Wildman–Crippen LogP) is 1.83. The van der Waals surface area contributed by atoms with Crippen LogP contribution in [-0.4, -0.2) is 44.5 Å². The van der Waals surface area contributed by atoms with Crippen LogP contribution in [0.4, 0.5) is 5.82 Å². The lowest BCUT2D eigenvalue weighted by Crippen LogP contribution is -2.31. The van der Waals surface area contributed by atoms with Crippen LogP contribution in [0, 0.1) is 11.3 Å². The number of pyridine rings is 1. The second kappa shape index (κ2) is 9.31. The van der Waals surface area contributed by atoms with Gasteiger partial charge in [-0.1, -0.05) is 6.07 Å². The highest BCUT2D eigenvalue weighted by molar-refractivity contribution is 5.41. The van der Waals surface area contributed by atoms with Gasteiger partial charge in [-0.15, -0.1) is 0 Å². The summed E-state index contributed by atoms with van der Waals surface area (Å²) in [4.78, 5) is 6.38. The van der Waals surface area contributed by atoms with Crippen LogP contribution >= 0.6 is 0 Å². The number of hydrogen-bond donors (Lipinski definition) is 0. The number of rotatable bonds is 9. The molecule has 1 aromatic rings. The summed E-state index contributed by atoms with van der Waals surface area (Å²) in [5.74, 6) is 0.790. The number of anilines is 1. The molecule has 19 heavy (non-hydrogen) atoms. The summed E-state index contributed by atoms with van der Waals surface area (Å²) in [6, 6.07) is 7.50. The first kappa shape index (κ1) is 15.4.